The van der Waals surface area contributed by atoms with Crippen LogP contribution in [0.15, 0.2) is 0 Å². The Morgan fingerprint density at radius 2 is 2.42 bits per heavy atom. The molecule has 62 valence electrons. The van der Waals surface area contributed by atoms with Crippen LogP contribution in [0.25, 0.3) is 0 Å². The average Bonchev–Trinajstić information content (AvgIpc) is 2.30. The number of carbonyl (C=O) groups is 1. The van der Waals surface area contributed by atoms with Crippen LogP contribution >= 0.6 is 11.3 Å². The Bertz CT molecular complexity index is 298. The van der Waals surface area contributed by atoms with Crippen molar-refractivity contribution in [1.29, 1.82) is 0 Å². The third kappa shape index (κ3) is 1.85. The molecular weight excluding hydrogens is 173 g/mol. The first-order chi connectivity index (χ1) is 5.65. The SMILES string of the molecule is [B]c1nc(C)sc1C(=O)OCC. The Morgan fingerprint density at radius 1 is 1.75 bits per heavy atom. The molecule has 1 rings (SSSR count). The van der Waals surface area contributed by atoms with Gasteiger partial charge in [0.2, 0.25) is 0 Å². The zero-order valence-corrected chi connectivity index (χ0v) is 7.77. The second kappa shape index (κ2) is 3.71. The number of aromatic nitrogens is 1. The number of hydrogen-bond acceptors (Lipinski definition) is 4. The highest BCUT2D eigenvalue weighted by molar-refractivity contribution is 7.14. The maximum atomic E-state index is 11.1. The van der Waals surface area contributed by atoms with E-state index >= 15 is 0 Å². The lowest BCUT2D eigenvalue weighted by molar-refractivity contribution is 0.0533. The smallest absolute Gasteiger partial charge is 0.349 e. The molecule has 0 amide bonds. The first-order valence-corrected chi connectivity index (χ1v) is 4.36. The summed E-state index contributed by atoms with van der Waals surface area (Å²) in [7, 11) is 5.47. The van der Waals surface area contributed by atoms with E-state index in [1.165, 1.54) is 11.3 Å². The quantitative estimate of drug-likeness (QED) is 0.490. The van der Waals surface area contributed by atoms with Crippen molar-refractivity contribution in [3.05, 3.63) is 9.88 Å². The van der Waals surface area contributed by atoms with Crippen molar-refractivity contribution >= 4 is 30.7 Å². The van der Waals surface area contributed by atoms with Crippen LogP contribution in [0.5, 0.6) is 0 Å². The van der Waals surface area contributed by atoms with E-state index in [1.807, 2.05) is 0 Å². The van der Waals surface area contributed by atoms with Gasteiger partial charge in [-0.25, -0.2) is 4.79 Å². The summed E-state index contributed by atoms with van der Waals surface area (Å²) in [6, 6.07) is 0. The fraction of sp³-hybridized carbons (Fsp3) is 0.429. The molecule has 1 aromatic heterocycles. The summed E-state index contributed by atoms with van der Waals surface area (Å²) in [6.07, 6.45) is 0. The van der Waals surface area contributed by atoms with E-state index in [2.05, 4.69) is 4.98 Å². The van der Waals surface area contributed by atoms with Crippen LogP contribution in [0.4, 0.5) is 0 Å². The molecular formula is C7H8BNO2S. The summed E-state index contributed by atoms with van der Waals surface area (Å²) in [6.45, 7) is 3.90. The third-order valence-corrected chi connectivity index (χ3v) is 2.19. The van der Waals surface area contributed by atoms with Crippen LogP contribution in [-0.2, 0) is 4.74 Å². The zero-order chi connectivity index (χ0) is 9.14. The number of carbonyl (C=O) groups excluding carboxylic acids is 1. The van der Waals surface area contributed by atoms with E-state index in [0.29, 0.717) is 11.5 Å². The van der Waals surface area contributed by atoms with Gasteiger partial charge >= 0.3 is 5.97 Å². The standard InChI is InChI=1S/C7H8BNO2S/c1-3-11-7(10)5-6(8)9-4(2)12-5/h3H2,1-2H3. The van der Waals surface area contributed by atoms with Crippen LogP contribution in [0.2, 0.25) is 0 Å². The molecule has 0 bridgehead atoms. The molecule has 2 radical (unpaired) electrons. The minimum Gasteiger partial charge on any atom is -0.462 e. The zero-order valence-electron chi connectivity index (χ0n) is 6.96. The van der Waals surface area contributed by atoms with E-state index in [0.717, 1.165) is 5.01 Å². The van der Waals surface area contributed by atoms with Gasteiger partial charge in [-0.2, -0.15) is 0 Å². The molecule has 1 aromatic rings. The molecule has 0 N–H and O–H groups in total. The van der Waals surface area contributed by atoms with Gasteiger partial charge in [-0.1, -0.05) is 0 Å². The molecule has 5 heteroatoms. The highest BCUT2D eigenvalue weighted by Crippen LogP contribution is 2.09. The average molecular weight is 181 g/mol. The van der Waals surface area contributed by atoms with Gasteiger partial charge in [-0.05, 0) is 13.8 Å². The van der Waals surface area contributed by atoms with Gasteiger partial charge in [0.1, 0.15) is 12.7 Å². The monoisotopic (exact) mass is 181 g/mol. The van der Waals surface area contributed by atoms with Crippen LogP contribution < -0.4 is 5.59 Å². The van der Waals surface area contributed by atoms with E-state index in [9.17, 15) is 4.79 Å². The van der Waals surface area contributed by atoms with Gasteiger partial charge in [-0.15, -0.1) is 11.3 Å². The normalized spacial score (nSPS) is 9.83. The van der Waals surface area contributed by atoms with Crippen LogP contribution in [0.1, 0.15) is 21.6 Å². The van der Waals surface area contributed by atoms with Crippen molar-refractivity contribution in [3.63, 3.8) is 0 Å². The molecule has 0 fully saturated rings. The number of ether oxygens (including phenoxy) is 1. The van der Waals surface area contributed by atoms with Gasteiger partial charge in [0.25, 0.3) is 0 Å². The van der Waals surface area contributed by atoms with Gasteiger partial charge in [0.15, 0.2) is 0 Å². The van der Waals surface area contributed by atoms with Crippen LogP contribution in [-0.4, -0.2) is 25.4 Å². The van der Waals surface area contributed by atoms with Gasteiger partial charge < -0.3 is 4.74 Å². The topological polar surface area (TPSA) is 39.2 Å². The Labute approximate surface area is 76.2 Å². The Balaban J connectivity index is 2.87. The molecule has 0 saturated carbocycles. The number of rotatable bonds is 2. The summed E-state index contributed by atoms with van der Waals surface area (Å²) in [5, 5.41) is 0.774. The molecule has 1 heterocycles. The minimum absolute atomic E-state index is 0.260. The summed E-state index contributed by atoms with van der Waals surface area (Å²) in [5.74, 6) is -0.388. The van der Waals surface area contributed by atoms with E-state index < -0.39 is 0 Å². The van der Waals surface area contributed by atoms with E-state index in [1.54, 1.807) is 13.8 Å². The predicted molar refractivity (Wildman–Crippen MR) is 48.2 cm³/mol. The molecule has 0 unspecified atom stereocenters. The first-order valence-electron chi connectivity index (χ1n) is 3.55. The van der Waals surface area contributed by atoms with Gasteiger partial charge in [0.05, 0.1) is 11.6 Å². The van der Waals surface area contributed by atoms with Crippen LogP contribution in [0, 0.1) is 6.92 Å². The van der Waals surface area contributed by atoms with Crippen molar-refractivity contribution in [2.45, 2.75) is 13.8 Å². The molecule has 0 atom stereocenters. The highest BCUT2D eigenvalue weighted by atomic mass is 32.1. The molecule has 12 heavy (non-hydrogen) atoms. The second-order valence-corrected chi connectivity index (χ2v) is 3.37. The maximum Gasteiger partial charge on any atom is 0.349 e. The van der Waals surface area contributed by atoms with Crippen molar-refractivity contribution in [2.24, 2.45) is 0 Å². The summed E-state index contributed by atoms with van der Waals surface area (Å²) < 4.78 is 4.77. The Morgan fingerprint density at radius 3 is 2.83 bits per heavy atom. The predicted octanol–water partition coefficient (Wildman–Crippen LogP) is 0.422. The molecule has 3 nitrogen and oxygen atoms in total. The number of esters is 1. The second-order valence-electron chi connectivity index (χ2n) is 2.17. The van der Waals surface area contributed by atoms with E-state index in [-0.39, 0.29) is 11.6 Å². The Hall–Kier alpha value is -0.835. The molecule has 0 aliphatic rings. The number of hydrogen-bond donors (Lipinski definition) is 0. The van der Waals surface area contributed by atoms with Crippen molar-refractivity contribution < 1.29 is 9.53 Å². The van der Waals surface area contributed by atoms with E-state index in [4.69, 9.17) is 12.6 Å². The highest BCUT2D eigenvalue weighted by Gasteiger charge is 2.13. The first kappa shape index (κ1) is 9.25. The van der Waals surface area contributed by atoms with Crippen molar-refractivity contribution in [2.75, 3.05) is 6.61 Å². The largest absolute Gasteiger partial charge is 0.462 e. The number of thiazole rings is 1. The van der Waals surface area contributed by atoms with Gasteiger partial charge in [0, 0.05) is 5.59 Å². The van der Waals surface area contributed by atoms with Crippen molar-refractivity contribution in [3.8, 4) is 0 Å². The lowest BCUT2D eigenvalue weighted by atomic mass is 10.0. The fourth-order valence-corrected chi connectivity index (χ4v) is 1.52. The summed E-state index contributed by atoms with van der Waals surface area (Å²) in [4.78, 5) is 15.5. The van der Waals surface area contributed by atoms with Gasteiger partial charge in [-0.3, -0.25) is 4.98 Å². The molecule has 0 aromatic carbocycles. The molecule has 0 spiro atoms. The maximum absolute atomic E-state index is 11.1. The lowest BCUT2D eigenvalue weighted by Crippen LogP contribution is -2.16. The van der Waals surface area contributed by atoms with Crippen LogP contribution in [0.3, 0.4) is 0 Å². The Kier molecular flexibility index (Phi) is 2.86. The molecule has 0 aliphatic carbocycles. The van der Waals surface area contributed by atoms with Crippen molar-refractivity contribution in [1.82, 2.24) is 4.98 Å². The number of aryl methyl sites for hydroxylation is 1. The molecule has 0 saturated heterocycles. The molecule has 0 aliphatic heterocycles. The third-order valence-electron chi connectivity index (χ3n) is 1.22. The minimum atomic E-state index is -0.388. The number of nitrogens with zero attached hydrogens (tertiary/aromatic N) is 1. The lowest BCUT2D eigenvalue weighted by Gasteiger charge is -1.97. The summed E-state index contributed by atoms with van der Waals surface area (Å²) >= 11 is 1.25. The fourth-order valence-electron chi connectivity index (χ4n) is 0.786. The summed E-state index contributed by atoms with van der Waals surface area (Å²) in [5.41, 5.74) is 0.260.